The summed E-state index contributed by atoms with van der Waals surface area (Å²) >= 11 is 0. The maximum absolute atomic E-state index is 13.8. The molecule has 1 atom stereocenters. The number of rotatable bonds is 16. The van der Waals surface area contributed by atoms with Gasteiger partial charge in [0.05, 0.1) is 38.6 Å². The van der Waals surface area contributed by atoms with Crippen molar-refractivity contribution >= 4 is 17.8 Å². The third kappa shape index (κ3) is 7.60. The zero-order valence-corrected chi connectivity index (χ0v) is 25.5. The Hall–Kier alpha value is -3.63. The number of benzene rings is 2. The van der Waals surface area contributed by atoms with Gasteiger partial charge in [-0.25, -0.2) is 9.59 Å². The minimum absolute atomic E-state index is 0.184. The van der Waals surface area contributed by atoms with Gasteiger partial charge >= 0.3 is 12.0 Å². The van der Waals surface area contributed by atoms with E-state index in [1.54, 1.807) is 11.0 Å². The number of hydrogen-bond acceptors (Lipinski definition) is 7. The number of Topliss-reactive ketones (excluding diaryl/α,β-unsaturated/α-hetero) is 1. The fourth-order valence-electron chi connectivity index (χ4n) is 5.36. The normalized spacial score (nSPS) is 18.5. The summed E-state index contributed by atoms with van der Waals surface area (Å²) < 4.78 is 23.3. The van der Waals surface area contributed by atoms with Gasteiger partial charge in [-0.2, -0.15) is 0 Å². The van der Waals surface area contributed by atoms with E-state index in [-0.39, 0.29) is 37.9 Å². The second-order valence-corrected chi connectivity index (χ2v) is 10.4. The van der Waals surface area contributed by atoms with Crippen molar-refractivity contribution in [2.75, 3.05) is 33.0 Å². The molecule has 0 radical (unpaired) electrons. The molecular weight excluding hydrogens is 540 g/mol. The predicted octanol–water partition coefficient (Wildman–Crippen LogP) is 5.31. The van der Waals surface area contributed by atoms with Crippen molar-refractivity contribution in [3.8, 4) is 11.5 Å². The zero-order valence-electron chi connectivity index (χ0n) is 25.5. The van der Waals surface area contributed by atoms with Crippen LogP contribution in [0.1, 0.15) is 80.6 Å². The number of nitrogens with one attached hydrogen (secondary N) is 1. The lowest BCUT2D eigenvalue weighted by Gasteiger charge is -2.45. The molecular formula is C32H44N2O8. The fourth-order valence-corrected chi connectivity index (χ4v) is 5.36. The van der Waals surface area contributed by atoms with Crippen LogP contribution in [0.2, 0.25) is 0 Å². The summed E-state index contributed by atoms with van der Waals surface area (Å²) in [5.74, 6) is -0.495. The lowest BCUT2D eigenvalue weighted by Crippen LogP contribution is -2.66. The van der Waals surface area contributed by atoms with Crippen molar-refractivity contribution in [1.82, 2.24) is 10.2 Å². The zero-order chi connectivity index (χ0) is 30.9. The second kappa shape index (κ2) is 15.0. The highest BCUT2D eigenvalue weighted by atomic mass is 16.5. The third-order valence-corrected chi connectivity index (χ3v) is 7.55. The summed E-state index contributed by atoms with van der Waals surface area (Å²) in [5.41, 5.74) is 1.36. The van der Waals surface area contributed by atoms with Gasteiger partial charge < -0.3 is 34.3 Å². The molecule has 2 amide bonds. The number of hydrogen-bond donors (Lipinski definition) is 2. The van der Waals surface area contributed by atoms with Crippen LogP contribution in [0.15, 0.2) is 36.4 Å². The van der Waals surface area contributed by atoms with Crippen molar-refractivity contribution in [2.24, 2.45) is 0 Å². The standard InChI is InChI=1S/C32H44N2O8/c1-7-40-25-18-32(19-25,30(36)37)33-31(38)34(15-16-39-20-24-13-11-10-12-14-24)22(5)26-17-27(41-8-2)28(23(6)35)29(21(26)4)42-9-3/h10-14,17,22,25H,7-9,15-16,18-20H2,1-6H3,(H,33,38)(H,36,37). The average molecular weight is 585 g/mol. The molecule has 1 unspecified atom stereocenters. The lowest BCUT2D eigenvalue weighted by molar-refractivity contribution is -0.156. The molecule has 0 saturated heterocycles. The molecule has 0 heterocycles. The molecule has 2 aromatic carbocycles. The van der Waals surface area contributed by atoms with E-state index in [0.29, 0.717) is 49.1 Å². The number of carboxylic acid groups (broad SMARTS) is 1. The number of amides is 2. The highest BCUT2D eigenvalue weighted by molar-refractivity contribution is 6.00. The Morgan fingerprint density at radius 2 is 1.74 bits per heavy atom. The van der Waals surface area contributed by atoms with Crippen LogP contribution in [0.4, 0.5) is 4.79 Å². The molecule has 1 aliphatic carbocycles. The smallest absolute Gasteiger partial charge is 0.329 e. The van der Waals surface area contributed by atoms with E-state index < -0.39 is 23.6 Å². The molecule has 1 aliphatic rings. The molecule has 2 N–H and O–H groups in total. The van der Waals surface area contributed by atoms with E-state index in [1.165, 1.54) is 6.92 Å². The summed E-state index contributed by atoms with van der Waals surface area (Å²) in [7, 11) is 0. The molecule has 3 rings (SSSR count). The SMILES string of the molecule is CCOc1cc(C(C)N(CCOCc2ccccc2)C(=O)NC2(C(=O)O)CC(OCC)C2)c(C)c(OCC)c1C(C)=O. The van der Waals surface area contributed by atoms with Crippen LogP contribution >= 0.6 is 0 Å². The van der Waals surface area contributed by atoms with Crippen LogP contribution in [-0.2, 0) is 20.9 Å². The van der Waals surface area contributed by atoms with Gasteiger partial charge in [0.25, 0.3) is 0 Å². The maximum atomic E-state index is 13.8. The van der Waals surface area contributed by atoms with Crippen molar-refractivity contribution in [1.29, 1.82) is 0 Å². The minimum Gasteiger partial charge on any atom is -0.493 e. The average Bonchev–Trinajstić information content (AvgIpc) is 2.93. The van der Waals surface area contributed by atoms with Gasteiger partial charge in [-0.15, -0.1) is 0 Å². The molecule has 1 fully saturated rings. The van der Waals surface area contributed by atoms with Crippen LogP contribution in [0.3, 0.4) is 0 Å². The quantitative estimate of drug-likeness (QED) is 0.201. The molecule has 2 aromatic rings. The van der Waals surface area contributed by atoms with Gasteiger partial charge in [0.1, 0.15) is 22.6 Å². The first-order valence-electron chi connectivity index (χ1n) is 14.6. The highest BCUT2D eigenvalue weighted by Crippen LogP contribution is 2.40. The summed E-state index contributed by atoms with van der Waals surface area (Å²) in [6.45, 7) is 12.6. The monoisotopic (exact) mass is 584 g/mol. The van der Waals surface area contributed by atoms with E-state index in [9.17, 15) is 19.5 Å². The summed E-state index contributed by atoms with van der Waals surface area (Å²) in [6.07, 6.45) is 0.142. The van der Waals surface area contributed by atoms with Crippen molar-refractivity contribution in [3.63, 3.8) is 0 Å². The van der Waals surface area contributed by atoms with E-state index in [1.807, 2.05) is 65.0 Å². The van der Waals surface area contributed by atoms with Crippen LogP contribution in [0, 0.1) is 6.92 Å². The number of nitrogens with zero attached hydrogens (tertiary/aromatic N) is 1. The first-order chi connectivity index (χ1) is 20.1. The number of carbonyl (C=O) groups is 3. The van der Waals surface area contributed by atoms with Gasteiger partial charge in [0.15, 0.2) is 5.78 Å². The van der Waals surface area contributed by atoms with Gasteiger partial charge in [-0.05, 0) is 64.3 Å². The van der Waals surface area contributed by atoms with Crippen LogP contribution in [0.25, 0.3) is 0 Å². The summed E-state index contributed by atoms with van der Waals surface area (Å²) in [5, 5.41) is 12.8. The van der Waals surface area contributed by atoms with E-state index in [0.717, 1.165) is 11.1 Å². The van der Waals surface area contributed by atoms with Crippen LogP contribution in [-0.4, -0.2) is 72.4 Å². The summed E-state index contributed by atoms with van der Waals surface area (Å²) in [4.78, 5) is 40.3. The summed E-state index contributed by atoms with van der Waals surface area (Å²) in [6, 6.07) is 10.4. The number of ether oxygens (including phenoxy) is 4. The van der Waals surface area contributed by atoms with Crippen molar-refractivity contribution in [3.05, 3.63) is 58.7 Å². The largest absolute Gasteiger partial charge is 0.493 e. The van der Waals surface area contributed by atoms with Crippen molar-refractivity contribution < 1.29 is 38.4 Å². The second-order valence-electron chi connectivity index (χ2n) is 10.4. The molecule has 10 heteroatoms. The maximum Gasteiger partial charge on any atom is 0.329 e. The number of carboxylic acids is 1. The Bertz CT molecular complexity index is 1230. The van der Waals surface area contributed by atoms with Crippen molar-refractivity contribution in [2.45, 2.75) is 78.7 Å². The Morgan fingerprint density at radius 1 is 1.07 bits per heavy atom. The van der Waals surface area contributed by atoms with E-state index >= 15 is 0 Å². The van der Waals surface area contributed by atoms with Gasteiger partial charge in [0.2, 0.25) is 0 Å². The van der Waals surface area contributed by atoms with E-state index in [2.05, 4.69) is 5.32 Å². The lowest BCUT2D eigenvalue weighted by atomic mass is 9.74. The molecule has 42 heavy (non-hydrogen) atoms. The molecule has 10 nitrogen and oxygen atoms in total. The Labute approximate surface area is 248 Å². The molecule has 0 spiro atoms. The Kier molecular flexibility index (Phi) is 11.8. The highest BCUT2D eigenvalue weighted by Gasteiger charge is 2.53. The Balaban J connectivity index is 1.95. The number of carbonyl (C=O) groups excluding carboxylic acids is 2. The topological polar surface area (TPSA) is 124 Å². The first-order valence-corrected chi connectivity index (χ1v) is 14.6. The molecule has 0 bridgehead atoms. The fraction of sp³-hybridized carbons (Fsp3) is 0.531. The predicted molar refractivity (Wildman–Crippen MR) is 158 cm³/mol. The Morgan fingerprint density at radius 3 is 2.31 bits per heavy atom. The van der Waals surface area contributed by atoms with Gasteiger partial charge in [-0.1, -0.05) is 30.3 Å². The molecule has 0 aromatic heterocycles. The number of aliphatic carboxylic acids is 1. The first kappa shape index (κ1) is 32.9. The third-order valence-electron chi connectivity index (χ3n) is 7.55. The van der Waals surface area contributed by atoms with Crippen LogP contribution in [0.5, 0.6) is 11.5 Å². The number of urea groups is 1. The number of ketones is 1. The van der Waals surface area contributed by atoms with Gasteiger partial charge in [0, 0.05) is 26.0 Å². The molecule has 1 saturated carbocycles. The molecule has 230 valence electrons. The molecule has 0 aliphatic heterocycles. The minimum atomic E-state index is -1.42. The van der Waals surface area contributed by atoms with E-state index in [4.69, 9.17) is 18.9 Å². The van der Waals surface area contributed by atoms with Crippen LogP contribution < -0.4 is 14.8 Å². The van der Waals surface area contributed by atoms with Gasteiger partial charge in [-0.3, -0.25) is 4.79 Å².